The van der Waals surface area contributed by atoms with Crippen molar-refractivity contribution in [3.8, 4) is 0 Å². The maximum Gasteiger partial charge on any atom is 0.164 e. The van der Waals surface area contributed by atoms with Crippen LogP contribution < -0.4 is 4.90 Å². The van der Waals surface area contributed by atoms with Gasteiger partial charge in [0.1, 0.15) is 5.82 Å². The highest BCUT2D eigenvalue weighted by atomic mass is 16.1. The van der Waals surface area contributed by atoms with Crippen LogP contribution in [0.1, 0.15) is 29.4 Å². The molecule has 2 rings (SSSR count). The van der Waals surface area contributed by atoms with E-state index in [2.05, 4.69) is 21.8 Å². The second-order valence-corrected chi connectivity index (χ2v) is 4.87. The molecule has 0 atom stereocenters. The lowest BCUT2D eigenvalue weighted by Gasteiger charge is -2.33. The Hall–Kier alpha value is -1.42. The fraction of sp³-hybridized carbons (Fsp3) is 0.571. The lowest BCUT2D eigenvalue weighted by Crippen LogP contribution is -2.44. The Kier molecular flexibility index (Phi) is 3.97. The molecule has 4 heteroatoms. The maximum atomic E-state index is 11.7. The number of aromatic nitrogens is 1. The second-order valence-electron chi connectivity index (χ2n) is 4.87. The number of aryl methyl sites for hydroxylation is 1. The van der Waals surface area contributed by atoms with E-state index in [1.54, 1.807) is 0 Å². The molecule has 0 unspecified atom stereocenters. The van der Waals surface area contributed by atoms with Crippen molar-refractivity contribution in [3.63, 3.8) is 0 Å². The van der Waals surface area contributed by atoms with Crippen LogP contribution in [0.5, 0.6) is 0 Å². The first-order valence-corrected chi connectivity index (χ1v) is 6.56. The molecule has 0 aliphatic carbocycles. The van der Waals surface area contributed by atoms with Gasteiger partial charge in [-0.2, -0.15) is 0 Å². The van der Waals surface area contributed by atoms with Gasteiger partial charge >= 0.3 is 0 Å². The average Bonchev–Trinajstić information content (AvgIpc) is 2.38. The van der Waals surface area contributed by atoms with Gasteiger partial charge in [-0.1, -0.05) is 6.92 Å². The Morgan fingerprint density at radius 2 is 1.94 bits per heavy atom. The Morgan fingerprint density at radius 1 is 1.28 bits per heavy atom. The van der Waals surface area contributed by atoms with Gasteiger partial charge in [-0.25, -0.2) is 4.98 Å². The minimum Gasteiger partial charge on any atom is -0.354 e. The third kappa shape index (κ3) is 2.70. The number of pyridine rings is 1. The molecular weight excluding hydrogens is 226 g/mol. The van der Waals surface area contributed by atoms with Crippen molar-refractivity contribution in [1.29, 1.82) is 0 Å². The highest BCUT2D eigenvalue weighted by molar-refractivity contribution is 5.96. The van der Waals surface area contributed by atoms with Crippen LogP contribution in [0.25, 0.3) is 0 Å². The molecule has 2 heterocycles. The van der Waals surface area contributed by atoms with E-state index in [9.17, 15) is 4.79 Å². The largest absolute Gasteiger partial charge is 0.354 e. The van der Waals surface area contributed by atoms with Gasteiger partial charge in [-0.05, 0) is 26.1 Å². The van der Waals surface area contributed by atoms with Crippen molar-refractivity contribution in [2.24, 2.45) is 0 Å². The first-order chi connectivity index (χ1) is 8.61. The first kappa shape index (κ1) is 13.0. The highest BCUT2D eigenvalue weighted by Crippen LogP contribution is 2.17. The summed E-state index contributed by atoms with van der Waals surface area (Å²) in [7, 11) is 2.14. The second kappa shape index (κ2) is 5.48. The highest BCUT2D eigenvalue weighted by Gasteiger charge is 2.16. The summed E-state index contributed by atoms with van der Waals surface area (Å²) in [5.41, 5.74) is 1.61. The molecule has 1 saturated heterocycles. The first-order valence-electron chi connectivity index (χ1n) is 6.56. The molecule has 0 amide bonds. The zero-order valence-electron chi connectivity index (χ0n) is 11.4. The topological polar surface area (TPSA) is 36.4 Å². The minimum absolute atomic E-state index is 0.171. The molecule has 0 saturated carbocycles. The van der Waals surface area contributed by atoms with Crippen molar-refractivity contribution in [2.75, 3.05) is 38.1 Å². The number of hydrogen-bond acceptors (Lipinski definition) is 4. The molecule has 0 spiro atoms. The van der Waals surface area contributed by atoms with Crippen LogP contribution in [0.3, 0.4) is 0 Å². The molecule has 1 aromatic rings. The predicted molar refractivity (Wildman–Crippen MR) is 73.3 cm³/mol. The van der Waals surface area contributed by atoms with Crippen LogP contribution in [0.2, 0.25) is 0 Å². The zero-order chi connectivity index (χ0) is 13.1. The number of Topliss-reactive ketones (excluding diaryl/α,β-unsaturated/α-hetero) is 1. The molecular formula is C14H21N3O. The summed E-state index contributed by atoms with van der Waals surface area (Å²) in [5, 5.41) is 0. The molecule has 18 heavy (non-hydrogen) atoms. The Labute approximate surface area is 109 Å². The number of carbonyl (C=O) groups is 1. The van der Waals surface area contributed by atoms with Crippen molar-refractivity contribution in [2.45, 2.75) is 20.3 Å². The number of carbonyl (C=O) groups excluding carboxylic acids is 1. The van der Waals surface area contributed by atoms with Gasteiger partial charge in [0.05, 0.1) is 5.69 Å². The van der Waals surface area contributed by atoms with Crippen LogP contribution >= 0.6 is 0 Å². The lowest BCUT2D eigenvalue weighted by molar-refractivity contribution is 0.0987. The third-order valence-electron chi connectivity index (χ3n) is 3.52. The predicted octanol–water partition coefficient (Wildman–Crippen LogP) is 1.73. The molecule has 1 aliphatic rings. The monoisotopic (exact) mass is 247 g/mol. The SMILES string of the molecule is CCC(=O)c1ccc(N2CCN(C)CC2)nc1C. The number of rotatable bonds is 3. The van der Waals surface area contributed by atoms with Gasteiger partial charge in [-0.15, -0.1) is 0 Å². The molecule has 1 fully saturated rings. The molecule has 0 N–H and O–H groups in total. The summed E-state index contributed by atoms with van der Waals surface area (Å²) < 4.78 is 0. The number of nitrogens with zero attached hydrogens (tertiary/aromatic N) is 3. The number of likely N-dealkylation sites (N-methyl/N-ethyl adjacent to an activating group) is 1. The van der Waals surface area contributed by atoms with Crippen molar-refractivity contribution >= 4 is 11.6 Å². The van der Waals surface area contributed by atoms with Crippen LogP contribution in [-0.4, -0.2) is 48.9 Å². The molecule has 1 aliphatic heterocycles. The normalized spacial score (nSPS) is 16.9. The van der Waals surface area contributed by atoms with Crippen LogP contribution in [0, 0.1) is 6.92 Å². The Morgan fingerprint density at radius 3 is 2.50 bits per heavy atom. The fourth-order valence-electron chi connectivity index (χ4n) is 2.24. The average molecular weight is 247 g/mol. The Bertz CT molecular complexity index is 437. The van der Waals surface area contributed by atoms with E-state index < -0.39 is 0 Å². The van der Waals surface area contributed by atoms with E-state index in [0.29, 0.717) is 6.42 Å². The van der Waals surface area contributed by atoms with Gasteiger partial charge < -0.3 is 9.80 Å². The molecule has 4 nitrogen and oxygen atoms in total. The lowest BCUT2D eigenvalue weighted by atomic mass is 10.1. The number of piperazine rings is 1. The summed E-state index contributed by atoms with van der Waals surface area (Å²) in [5.74, 6) is 1.16. The van der Waals surface area contributed by atoms with Gasteiger partial charge in [0.15, 0.2) is 5.78 Å². The van der Waals surface area contributed by atoms with Crippen LogP contribution in [0.4, 0.5) is 5.82 Å². The zero-order valence-corrected chi connectivity index (χ0v) is 11.4. The van der Waals surface area contributed by atoms with E-state index in [1.807, 2.05) is 26.0 Å². The van der Waals surface area contributed by atoms with Crippen molar-refractivity contribution in [1.82, 2.24) is 9.88 Å². The minimum atomic E-state index is 0.171. The van der Waals surface area contributed by atoms with Crippen LogP contribution in [-0.2, 0) is 0 Å². The molecule has 0 aromatic carbocycles. The third-order valence-corrected chi connectivity index (χ3v) is 3.52. The van der Waals surface area contributed by atoms with E-state index in [4.69, 9.17) is 0 Å². The van der Waals surface area contributed by atoms with E-state index in [-0.39, 0.29) is 5.78 Å². The summed E-state index contributed by atoms with van der Waals surface area (Å²) in [6.07, 6.45) is 0.538. The van der Waals surface area contributed by atoms with E-state index in [1.165, 1.54) is 0 Å². The summed E-state index contributed by atoms with van der Waals surface area (Å²) in [4.78, 5) is 20.9. The number of anilines is 1. The van der Waals surface area contributed by atoms with Gasteiger partial charge in [0, 0.05) is 38.2 Å². The maximum absolute atomic E-state index is 11.7. The van der Waals surface area contributed by atoms with E-state index >= 15 is 0 Å². The van der Waals surface area contributed by atoms with Gasteiger partial charge in [-0.3, -0.25) is 4.79 Å². The number of ketones is 1. The van der Waals surface area contributed by atoms with Crippen molar-refractivity contribution < 1.29 is 4.79 Å². The molecule has 98 valence electrons. The van der Waals surface area contributed by atoms with Crippen molar-refractivity contribution in [3.05, 3.63) is 23.4 Å². The fourth-order valence-corrected chi connectivity index (χ4v) is 2.24. The van der Waals surface area contributed by atoms with Gasteiger partial charge in [0.2, 0.25) is 0 Å². The summed E-state index contributed by atoms with van der Waals surface area (Å²) in [6, 6.07) is 3.89. The number of hydrogen-bond donors (Lipinski definition) is 0. The van der Waals surface area contributed by atoms with Crippen LogP contribution in [0.15, 0.2) is 12.1 Å². The standard InChI is InChI=1S/C14H21N3O/c1-4-13(18)12-5-6-14(15-11(12)2)17-9-7-16(3)8-10-17/h5-6H,4,7-10H2,1-3H3. The summed E-state index contributed by atoms with van der Waals surface area (Å²) in [6.45, 7) is 7.94. The molecule has 0 bridgehead atoms. The van der Waals surface area contributed by atoms with Gasteiger partial charge in [0.25, 0.3) is 0 Å². The summed E-state index contributed by atoms with van der Waals surface area (Å²) >= 11 is 0. The smallest absolute Gasteiger partial charge is 0.164 e. The molecule has 1 aromatic heterocycles. The molecule has 0 radical (unpaired) electrons. The quantitative estimate of drug-likeness (QED) is 0.762. The Balaban J connectivity index is 2.16. The van der Waals surface area contributed by atoms with E-state index in [0.717, 1.165) is 43.3 Å².